The molecule has 0 radical (unpaired) electrons. The van der Waals surface area contributed by atoms with E-state index in [1.54, 1.807) is 6.20 Å². The summed E-state index contributed by atoms with van der Waals surface area (Å²) in [6.07, 6.45) is 5.07. The van der Waals surface area contributed by atoms with Crippen LogP contribution in [0.5, 0.6) is 0 Å². The quantitative estimate of drug-likeness (QED) is 0.340. The number of rotatable bonds is 5. The molecule has 1 fully saturated rings. The molecule has 10 heteroatoms. The van der Waals surface area contributed by atoms with E-state index in [0.29, 0.717) is 25.5 Å². The monoisotopic (exact) mass is 522 g/mol. The number of nitrogens with one attached hydrogen (secondary N) is 1. The molecule has 3 aromatic heterocycles. The Hall–Kier alpha value is -4.73. The summed E-state index contributed by atoms with van der Waals surface area (Å²) in [7, 11) is 2.01. The number of fused-ring (bicyclic) bond motifs is 2. The van der Waals surface area contributed by atoms with Crippen molar-refractivity contribution in [1.29, 1.82) is 0 Å². The van der Waals surface area contributed by atoms with E-state index >= 15 is 0 Å². The average Bonchev–Trinajstić information content (AvgIpc) is 3.29. The second-order valence-corrected chi connectivity index (χ2v) is 10.2. The number of imidazole rings is 1. The Kier molecular flexibility index (Phi) is 6.22. The standard InChI is InChI=1S/C29H30N8O2/c1-18-10-22(6-5-21(18)11-20-4-7-26-24(12-20)33-17-35(26)3)34-28-23-13-27(30-14-25(23)31-16-32-28)36-8-9-37(29(38)39)19(2)15-36/h4-7,10,12-14,16-17,19H,8-9,11,15H2,1-3H3,(H,38,39)(H,31,32,34)/t19-/m1/s1. The summed E-state index contributed by atoms with van der Waals surface area (Å²) in [5, 5.41) is 13.7. The molecule has 39 heavy (non-hydrogen) atoms. The molecular formula is C29H30N8O2. The van der Waals surface area contributed by atoms with Gasteiger partial charge in [0.15, 0.2) is 0 Å². The predicted octanol–water partition coefficient (Wildman–Crippen LogP) is 4.74. The van der Waals surface area contributed by atoms with E-state index in [9.17, 15) is 9.90 Å². The van der Waals surface area contributed by atoms with Crippen LogP contribution in [0.3, 0.4) is 0 Å². The second-order valence-electron chi connectivity index (χ2n) is 10.2. The molecule has 0 bridgehead atoms. The first-order valence-corrected chi connectivity index (χ1v) is 13.0. The van der Waals surface area contributed by atoms with Crippen molar-refractivity contribution in [3.63, 3.8) is 0 Å². The van der Waals surface area contributed by atoms with Crippen LogP contribution >= 0.6 is 0 Å². The highest BCUT2D eigenvalue weighted by molar-refractivity contribution is 5.92. The molecule has 1 aliphatic rings. The number of aryl methyl sites for hydroxylation is 2. The maximum absolute atomic E-state index is 11.4. The summed E-state index contributed by atoms with van der Waals surface area (Å²) >= 11 is 0. The summed E-state index contributed by atoms with van der Waals surface area (Å²) < 4.78 is 2.03. The second kappa shape index (κ2) is 9.86. The number of benzene rings is 2. The molecule has 6 rings (SSSR count). The number of aromatic nitrogens is 5. The topological polar surface area (TPSA) is 112 Å². The summed E-state index contributed by atoms with van der Waals surface area (Å²) in [5.41, 5.74) is 7.49. The van der Waals surface area contributed by atoms with Gasteiger partial charge in [-0.05, 0) is 67.3 Å². The van der Waals surface area contributed by atoms with Crippen LogP contribution in [0.2, 0.25) is 0 Å². The molecule has 0 saturated carbocycles. The Morgan fingerprint density at radius 1 is 1.05 bits per heavy atom. The smallest absolute Gasteiger partial charge is 0.407 e. The largest absolute Gasteiger partial charge is 0.465 e. The van der Waals surface area contributed by atoms with Crippen molar-refractivity contribution >= 4 is 45.4 Å². The van der Waals surface area contributed by atoms with Gasteiger partial charge in [0.1, 0.15) is 18.0 Å². The van der Waals surface area contributed by atoms with Crippen molar-refractivity contribution < 1.29 is 9.90 Å². The van der Waals surface area contributed by atoms with Crippen LogP contribution in [-0.4, -0.2) is 66.3 Å². The predicted molar refractivity (Wildman–Crippen MR) is 152 cm³/mol. The number of hydrogen-bond acceptors (Lipinski definition) is 7. The average molecular weight is 523 g/mol. The highest BCUT2D eigenvalue weighted by atomic mass is 16.4. The summed E-state index contributed by atoms with van der Waals surface area (Å²) in [5.74, 6) is 1.49. The van der Waals surface area contributed by atoms with E-state index in [0.717, 1.165) is 39.9 Å². The van der Waals surface area contributed by atoms with Crippen LogP contribution < -0.4 is 10.2 Å². The molecule has 5 aromatic rings. The van der Waals surface area contributed by atoms with Crippen LogP contribution in [0.4, 0.5) is 22.1 Å². The highest BCUT2D eigenvalue weighted by Crippen LogP contribution is 2.28. The number of carbonyl (C=O) groups is 1. The molecule has 0 unspecified atom stereocenters. The van der Waals surface area contributed by atoms with Crippen molar-refractivity contribution in [2.24, 2.45) is 7.05 Å². The number of amides is 1. The van der Waals surface area contributed by atoms with Gasteiger partial charge in [0.05, 0.1) is 29.1 Å². The summed E-state index contributed by atoms with van der Waals surface area (Å²) in [6, 6.07) is 14.7. The van der Waals surface area contributed by atoms with Gasteiger partial charge in [-0.1, -0.05) is 12.1 Å². The molecule has 2 N–H and O–H groups in total. The Bertz CT molecular complexity index is 1700. The van der Waals surface area contributed by atoms with Gasteiger partial charge in [-0.15, -0.1) is 0 Å². The number of piperazine rings is 1. The van der Waals surface area contributed by atoms with Gasteiger partial charge in [0.25, 0.3) is 0 Å². The molecule has 1 amide bonds. The van der Waals surface area contributed by atoms with Crippen molar-refractivity contribution in [3.05, 3.63) is 78.0 Å². The van der Waals surface area contributed by atoms with Crippen molar-refractivity contribution in [1.82, 2.24) is 29.4 Å². The van der Waals surface area contributed by atoms with Gasteiger partial charge in [-0.3, -0.25) is 0 Å². The lowest BCUT2D eigenvalue weighted by atomic mass is 9.99. The summed E-state index contributed by atoms with van der Waals surface area (Å²) in [4.78, 5) is 33.0. The maximum Gasteiger partial charge on any atom is 0.407 e. The maximum atomic E-state index is 11.4. The third kappa shape index (κ3) is 4.81. The van der Waals surface area contributed by atoms with Crippen molar-refractivity contribution in [2.75, 3.05) is 29.9 Å². The molecule has 198 valence electrons. The van der Waals surface area contributed by atoms with Crippen LogP contribution in [0.25, 0.3) is 21.9 Å². The minimum Gasteiger partial charge on any atom is -0.465 e. The number of hydrogen-bond donors (Lipinski definition) is 2. The van der Waals surface area contributed by atoms with Gasteiger partial charge < -0.3 is 24.8 Å². The first-order valence-electron chi connectivity index (χ1n) is 13.0. The van der Waals surface area contributed by atoms with E-state index < -0.39 is 6.09 Å². The summed E-state index contributed by atoms with van der Waals surface area (Å²) in [6.45, 7) is 5.64. The number of nitrogens with zero attached hydrogens (tertiary/aromatic N) is 7. The van der Waals surface area contributed by atoms with E-state index in [1.165, 1.54) is 27.9 Å². The van der Waals surface area contributed by atoms with E-state index in [2.05, 4.69) is 73.5 Å². The molecule has 4 heterocycles. The lowest BCUT2D eigenvalue weighted by Crippen LogP contribution is -2.53. The minimum absolute atomic E-state index is 0.120. The Morgan fingerprint density at radius 3 is 2.72 bits per heavy atom. The lowest BCUT2D eigenvalue weighted by molar-refractivity contribution is 0.122. The number of carboxylic acid groups (broad SMARTS) is 1. The Labute approximate surface area is 226 Å². The zero-order valence-corrected chi connectivity index (χ0v) is 22.2. The molecule has 1 atom stereocenters. The van der Waals surface area contributed by atoms with Crippen LogP contribution in [0.15, 0.2) is 61.3 Å². The molecule has 0 spiro atoms. The third-order valence-electron chi connectivity index (χ3n) is 7.49. The van der Waals surface area contributed by atoms with Crippen LogP contribution in [-0.2, 0) is 13.5 Å². The fourth-order valence-corrected chi connectivity index (χ4v) is 5.29. The first kappa shape index (κ1) is 24.6. The van der Waals surface area contributed by atoms with Crippen molar-refractivity contribution in [3.8, 4) is 0 Å². The van der Waals surface area contributed by atoms with Crippen LogP contribution in [0, 0.1) is 6.92 Å². The van der Waals surface area contributed by atoms with Crippen LogP contribution in [0.1, 0.15) is 23.6 Å². The molecule has 1 saturated heterocycles. The SMILES string of the molecule is Cc1cc(Nc2ncnc3cnc(N4CCN(C(=O)O)[C@H](C)C4)cc23)ccc1Cc1ccc2c(c1)ncn2C. The molecule has 0 aliphatic carbocycles. The van der Waals surface area contributed by atoms with Gasteiger partial charge in [-0.25, -0.2) is 24.7 Å². The van der Waals surface area contributed by atoms with Gasteiger partial charge in [0.2, 0.25) is 0 Å². The number of anilines is 3. The Balaban J connectivity index is 1.22. The van der Waals surface area contributed by atoms with E-state index in [-0.39, 0.29) is 6.04 Å². The molecular weight excluding hydrogens is 492 g/mol. The van der Waals surface area contributed by atoms with Gasteiger partial charge in [0, 0.05) is 43.8 Å². The minimum atomic E-state index is -0.885. The highest BCUT2D eigenvalue weighted by Gasteiger charge is 2.28. The normalized spacial score (nSPS) is 15.7. The first-order chi connectivity index (χ1) is 18.9. The fraction of sp³-hybridized carbons (Fsp3) is 0.276. The van der Waals surface area contributed by atoms with E-state index in [4.69, 9.17) is 0 Å². The van der Waals surface area contributed by atoms with E-state index in [1.807, 2.05) is 30.9 Å². The zero-order valence-electron chi connectivity index (χ0n) is 22.2. The fourth-order valence-electron chi connectivity index (χ4n) is 5.29. The lowest BCUT2D eigenvalue weighted by Gasteiger charge is -2.38. The molecule has 10 nitrogen and oxygen atoms in total. The molecule has 1 aliphatic heterocycles. The van der Waals surface area contributed by atoms with Gasteiger partial charge in [-0.2, -0.15) is 0 Å². The van der Waals surface area contributed by atoms with Gasteiger partial charge >= 0.3 is 6.09 Å². The zero-order chi connectivity index (χ0) is 27.1. The third-order valence-corrected chi connectivity index (χ3v) is 7.49. The number of pyridine rings is 1. The Morgan fingerprint density at radius 2 is 1.92 bits per heavy atom. The van der Waals surface area contributed by atoms with Crippen molar-refractivity contribution in [2.45, 2.75) is 26.3 Å². The molecule has 2 aromatic carbocycles.